The van der Waals surface area contributed by atoms with Crippen LogP contribution in [0.3, 0.4) is 0 Å². The maximum Gasteiger partial charge on any atom is 0.103 e. The van der Waals surface area contributed by atoms with Gasteiger partial charge in [0, 0.05) is 17.2 Å². The summed E-state index contributed by atoms with van der Waals surface area (Å²) in [4.78, 5) is 4.66. The molecule has 86 valence electrons. The van der Waals surface area contributed by atoms with Crippen molar-refractivity contribution in [2.24, 2.45) is 0 Å². The Bertz CT molecular complexity index is 280. The van der Waals surface area contributed by atoms with Crippen LogP contribution in [0, 0.1) is 0 Å². The molecule has 4 heteroatoms. The minimum Gasteiger partial charge on any atom is -0.312 e. The molecule has 0 aromatic carbocycles. The van der Waals surface area contributed by atoms with E-state index in [1.807, 2.05) is 18.8 Å². The van der Waals surface area contributed by atoms with Gasteiger partial charge in [-0.3, -0.25) is 0 Å². The highest BCUT2D eigenvalue weighted by molar-refractivity contribution is 7.99. The Balaban J connectivity index is 2.55. The number of rotatable bonds is 6. The molecule has 1 atom stereocenters. The van der Waals surface area contributed by atoms with E-state index in [1.54, 1.807) is 11.3 Å². The lowest BCUT2D eigenvalue weighted by Gasteiger charge is -2.09. The molecule has 0 radical (unpaired) electrons. The maximum absolute atomic E-state index is 4.66. The highest BCUT2D eigenvalue weighted by Crippen LogP contribution is 2.23. The maximum atomic E-state index is 4.66. The smallest absolute Gasteiger partial charge is 0.103 e. The minimum atomic E-state index is 0.416. The summed E-state index contributed by atoms with van der Waals surface area (Å²) in [6.07, 6.45) is 1.09. The van der Waals surface area contributed by atoms with E-state index in [-0.39, 0.29) is 0 Å². The zero-order valence-corrected chi connectivity index (χ0v) is 11.5. The van der Waals surface area contributed by atoms with Crippen LogP contribution < -0.4 is 5.32 Å². The Labute approximate surface area is 101 Å². The van der Waals surface area contributed by atoms with Gasteiger partial charge < -0.3 is 5.32 Å². The van der Waals surface area contributed by atoms with Crippen molar-refractivity contribution in [3.63, 3.8) is 0 Å². The second-order valence-electron chi connectivity index (χ2n) is 3.78. The summed E-state index contributed by atoms with van der Waals surface area (Å²) in [5, 5.41) is 7.40. The molecule has 0 aliphatic rings. The van der Waals surface area contributed by atoms with Crippen LogP contribution in [-0.4, -0.2) is 17.3 Å². The van der Waals surface area contributed by atoms with Crippen LogP contribution in [-0.2, 0) is 5.75 Å². The number of nitrogens with one attached hydrogen (secondary N) is 1. The minimum absolute atomic E-state index is 0.416. The first-order chi connectivity index (χ1) is 7.17. The lowest BCUT2D eigenvalue weighted by atomic mass is 10.2. The predicted molar refractivity (Wildman–Crippen MR) is 70.6 cm³/mol. The van der Waals surface area contributed by atoms with Gasteiger partial charge in [0.25, 0.3) is 0 Å². The fourth-order valence-corrected chi connectivity index (χ4v) is 3.00. The van der Waals surface area contributed by atoms with Crippen molar-refractivity contribution in [1.82, 2.24) is 10.3 Å². The first-order valence-electron chi connectivity index (χ1n) is 5.40. The van der Waals surface area contributed by atoms with E-state index < -0.39 is 0 Å². The van der Waals surface area contributed by atoms with Gasteiger partial charge in [-0.05, 0) is 18.7 Å². The van der Waals surface area contributed by atoms with Gasteiger partial charge in [0.15, 0.2) is 0 Å². The Morgan fingerprint density at radius 2 is 2.27 bits per heavy atom. The van der Waals surface area contributed by atoms with Gasteiger partial charge in [0.05, 0.1) is 5.69 Å². The number of hydrogen-bond acceptors (Lipinski definition) is 4. The zero-order valence-electron chi connectivity index (χ0n) is 9.91. The molecular weight excluding hydrogens is 224 g/mol. The molecule has 0 aliphatic heterocycles. The standard InChI is InChI=1S/C11H20N2S2/c1-5-9(12-4)10-6-15-11(13-10)7-14-8(2)3/h6,8-9,12H,5,7H2,1-4H3. The molecule has 1 heterocycles. The molecule has 0 saturated heterocycles. The summed E-state index contributed by atoms with van der Waals surface area (Å²) in [6, 6.07) is 0.416. The van der Waals surface area contributed by atoms with E-state index in [4.69, 9.17) is 0 Å². The van der Waals surface area contributed by atoms with Gasteiger partial charge in [-0.25, -0.2) is 4.98 Å². The number of aromatic nitrogens is 1. The van der Waals surface area contributed by atoms with Crippen LogP contribution in [0.15, 0.2) is 5.38 Å². The fourth-order valence-electron chi connectivity index (χ4n) is 1.35. The second-order valence-corrected chi connectivity index (χ2v) is 6.28. The molecule has 0 aliphatic carbocycles. The summed E-state index contributed by atoms with van der Waals surface area (Å²) in [5.74, 6) is 1.04. The van der Waals surface area contributed by atoms with Crippen LogP contribution in [0.4, 0.5) is 0 Å². The molecule has 15 heavy (non-hydrogen) atoms. The fraction of sp³-hybridized carbons (Fsp3) is 0.727. The first-order valence-corrected chi connectivity index (χ1v) is 7.33. The van der Waals surface area contributed by atoms with E-state index in [0.717, 1.165) is 12.2 Å². The van der Waals surface area contributed by atoms with Gasteiger partial charge in [-0.1, -0.05) is 20.8 Å². The number of thiazole rings is 1. The van der Waals surface area contributed by atoms with Gasteiger partial charge in [0.1, 0.15) is 5.01 Å². The lowest BCUT2D eigenvalue weighted by molar-refractivity contribution is 0.563. The van der Waals surface area contributed by atoms with E-state index in [1.165, 1.54) is 10.7 Å². The summed E-state index contributed by atoms with van der Waals surface area (Å²) in [5.41, 5.74) is 1.20. The van der Waals surface area contributed by atoms with Crippen molar-refractivity contribution in [3.8, 4) is 0 Å². The van der Waals surface area contributed by atoms with Crippen molar-refractivity contribution in [2.45, 2.75) is 44.2 Å². The summed E-state index contributed by atoms with van der Waals surface area (Å²) in [7, 11) is 2.00. The molecule has 2 nitrogen and oxygen atoms in total. The predicted octanol–water partition coefficient (Wildman–Crippen LogP) is 3.46. The molecular formula is C11H20N2S2. The number of nitrogens with zero attached hydrogens (tertiary/aromatic N) is 1. The second kappa shape index (κ2) is 6.51. The molecule has 0 spiro atoms. The van der Waals surface area contributed by atoms with Crippen LogP contribution in [0.25, 0.3) is 0 Å². The molecule has 0 amide bonds. The van der Waals surface area contributed by atoms with Crippen molar-refractivity contribution < 1.29 is 0 Å². The number of hydrogen-bond donors (Lipinski definition) is 1. The average Bonchev–Trinajstić information content (AvgIpc) is 2.65. The molecule has 1 aromatic rings. The Kier molecular flexibility index (Phi) is 5.64. The van der Waals surface area contributed by atoms with Crippen LogP contribution >= 0.6 is 23.1 Å². The van der Waals surface area contributed by atoms with Crippen molar-refractivity contribution in [1.29, 1.82) is 0 Å². The van der Waals surface area contributed by atoms with E-state index in [9.17, 15) is 0 Å². The normalized spacial score (nSPS) is 13.4. The third-order valence-electron chi connectivity index (χ3n) is 2.22. The molecule has 0 saturated carbocycles. The molecule has 1 aromatic heterocycles. The van der Waals surface area contributed by atoms with Crippen LogP contribution in [0.1, 0.15) is 43.9 Å². The highest BCUT2D eigenvalue weighted by Gasteiger charge is 2.11. The molecule has 0 fully saturated rings. The van der Waals surface area contributed by atoms with Crippen molar-refractivity contribution in [2.75, 3.05) is 7.05 Å². The first kappa shape index (κ1) is 13.0. The average molecular weight is 244 g/mol. The topological polar surface area (TPSA) is 24.9 Å². The van der Waals surface area contributed by atoms with Crippen LogP contribution in [0.2, 0.25) is 0 Å². The Hall–Kier alpha value is -0.0600. The Morgan fingerprint density at radius 1 is 1.53 bits per heavy atom. The van der Waals surface area contributed by atoms with E-state index in [0.29, 0.717) is 11.3 Å². The highest BCUT2D eigenvalue weighted by atomic mass is 32.2. The molecule has 1 unspecified atom stereocenters. The van der Waals surface area contributed by atoms with Gasteiger partial charge in [-0.2, -0.15) is 11.8 Å². The lowest BCUT2D eigenvalue weighted by Crippen LogP contribution is -2.15. The summed E-state index contributed by atoms with van der Waals surface area (Å²) in [6.45, 7) is 6.63. The third-order valence-corrected chi connectivity index (χ3v) is 4.38. The third kappa shape index (κ3) is 4.13. The van der Waals surface area contributed by atoms with Gasteiger partial charge in [-0.15, -0.1) is 11.3 Å². The monoisotopic (exact) mass is 244 g/mol. The largest absolute Gasteiger partial charge is 0.312 e. The summed E-state index contributed by atoms with van der Waals surface area (Å²) < 4.78 is 0. The van der Waals surface area contributed by atoms with Crippen LogP contribution in [0.5, 0.6) is 0 Å². The van der Waals surface area contributed by atoms with E-state index >= 15 is 0 Å². The SMILES string of the molecule is CCC(NC)c1csc(CSC(C)C)n1. The zero-order chi connectivity index (χ0) is 11.3. The van der Waals surface area contributed by atoms with Crippen molar-refractivity contribution >= 4 is 23.1 Å². The number of thioether (sulfide) groups is 1. The quantitative estimate of drug-likeness (QED) is 0.829. The molecule has 0 bridgehead atoms. The van der Waals surface area contributed by atoms with Crippen molar-refractivity contribution in [3.05, 3.63) is 16.1 Å². The van der Waals surface area contributed by atoms with Gasteiger partial charge in [0.2, 0.25) is 0 Å². The molecule has 1 rings (SSSR count). The summed E-state index contributed by atoms with van der Waals surface area (Å²) >= 11 is 3.73. The Morgan fingerprint density at radius 3 is 2.80 bits per heavy atom. The van der Waals surface area contributed by atoms with E-state index in [2.05, 4.69) is 36.5 Å². The molecule has 1 N–H and O–H groups in total. The van der Waals surface area contributed by atoms with Gasteiger partial charge >= 0.3 is 0 Å².